The van der Waals surface area contributed by atoms with Crippen LogP contribution in [0.25, 0.3) is 11.3 Å². The van der Waals surface area contributed by atoms with Gasteiger partial charge in [0.25, 0.3) is 5.91 Å². The molecule has 3 rings (SSSR count). The van der Waals surface area contributed by atoms with Crippen molar-refractivity contribution in [1.82, 2.24) is 20.4 Å². The summed E-state index contributed by atoms with van der Waals surface area (Å²) in [4.78, 5) is 37.6. The van der Waals surface area contributed by atoms with Crippen LogP contribution in [0.4, 0.5) is 4.79 Å². The zero-order valence-electron chi connectivity index (χ0n) is 16.5. The van der Waals surface area contributed by atoms with Gasteiger partial charge in [0.1, 0.15) is 5.69 Å². The first-order chi connectivity index (χ1) is 14.5. The monoisotopic (exact) mass is 478 g/mol. The molecule has 2 heterocycles. The number of hydrogen-bond donors (Lipinski definition) is 2. The van der Waals surface area contributed by atoms with E-state index in [1.54, 1.807) is 17.9 Å². The highest BCUT2D eigenvalue weighted by atomic mass is 79.9. The predicted molar refractivity (Wildman–Crippen MR) is 112 cm³/mol. The molecule has 0 atom stereocenters. The van der Waals surface area contributed by atoms with E-state index in [0.29, 0.717) is 38.2 Å². The summed E-state index contributed by atoms with van der Waals surface area (Å²) in [6, 6.07) is 9.01. The minimum absolute atomic E-state index is 0.0713. The fourth-order valence-corrected chi connectivity index (χ4v) is 3.36. The average molecular weight is 479 g/mol. The van der Waals surface area contributed by atoms with Gasteiger partial charge in [0, 0.05) is 29.2 Å². The topological polar surface area (TPSA) is 114 Å². The van der Waals surface area contributed by atoms with E-state index in [1.807, 2.05) is 24.3 Å². The molecule has 1 aromatic carbocycles. The number of carbonyl (C=O) groups excluding carboxylic acids is 3. The Labute approximate surface area is 182 Å². The van der Waals surface area contributed by atoms with E-state index in [0.717, 1.165) is 10.0 Å². The minimum Gasteiger partial charge on any atom is -0.451 e. The number of nitrogens with one attached hydrogen (secondary N) is 2. The number of ether oxygens (including phenoxy) is 2. The summed E-state index contributed by atoms with van der Waals surface area (Å²) in [5.41, 5.74) is 1.62. The van der Waals surface area contributed by atoms with Crippen LogP contribution in [0.15, 0.2) is 34.8 Å². The number of carbonyl (C=O) groups is 3. The molecule has 9 nitrogen and oxygen atoms in total. The number of aromatic amines is 1. The van der Waals surface area contributed by atoms with Gasteiger partial charge in [-0.05, 0) is 38.0 Å². The van der Waals surface area contributed by atoms with E-state index in [9.17, 15) is 14.4 Å². The highest BCUT2D eigenvalue weighted by Gasteiger charge is 2.25. The Morgan fingerprint density at radius 3 is 2.57 bits per heavy atom. The first-order valence-corrected chi connectivity index (χ1v) is 10.4. The molecule has 10 heteroatoms. The van der Waals surface area contributed by atoms with E-state index < -0.39 is 5.97 Å². The number of likely N-dealkylation sites (tertiary alicyclic amines) is 1. The van der Waals surface area contributed by atoms with Gasteiger partial charge in [-0.2, -0.15) is 5.10 Å². The summed E-state index contributed by atoms with van der Waals surface area (Å²) in [6.45, 7) is 2.73. The lowest BCUT2D eigenvalue weighted by Gasteiger charge is -2.31. The third-order valence-electron chi connectivity index (χ3n) is 4.66. The predicted octanol–water partition coefficient (Wildman–Crippen LogP) is 2.73. The number of H-pyrrole nitrogens is 1. The van der Waals surface area contributed by atoms with Crippen molar-refractivity contribution in [3.05, 3.63) is 40.5 Å². The van der Waals surface area contributed by atoms with E-state index in [2.05, 4.69) is 31.4 Å². The number of rotatable bonds is 6. The molecule has 1 aromatic heterocycles. The largest absolute Gasteiger partial charge is 0.451 e. The van der Waals surface area contributed by atoms with Gasteiger partial charge in [-0.25, -0.2) is 9.59 Å². The molecule has 2 N–H and O–H groups in total. The second-order valence-corrected chi connectivity index (χ2v) is 7.69. The van der Waals surface area contributed by atoms with Crippen LogP contribution in [-0.2, 0) is 14.3 Å². The normalized spacial score (nSPS) is 14.3. The SMILES string of the molecule is CCOC(=O)N1CCC(NC(=O)COC(=O)c2cc(-c3ccc(Br)cc3)n[nH]2)CC1. The molecule has 0 aliphatic carbocycles. The lowest BCUT2D eigenvalue weighted by Crippen LogP contribution is -2.47. The number of nitrogens with zero attached hydrogens (tertiary/aromatic N) is 2. The minimum atomic E-state index is -0.654. The lowest BCUT2D eigenvalue weighted by molar-refractivity contribution is -0.125. The van der Waals surface area contributed by atoms with Crippen LogP contribution < -0.4 is 5.32 Å². The molecular weight excluding hydrogens is 456 g/mol. The number of halogens is 1. The first kappa shape index (κ1) is 21.8. The van der Waals surface area contributed by atoms with Crippen LogP contribution in [0.3, 0.4) is 0 Å². The number of piperidine rings is 1. The molecule has 30 heavy (non-hydrogen) atoms. The quantitative estimate of drug-likeness (QED) is 0.616. The number of aromatic nitrogens is 2. The Hall–Kier alpha value is -2.88. The third-order valence-corrected chi connectivity index (χ3v) is 5.19. The molecule has 0 radical (unpaired) electrons. The van der Waals surface area contributed by atoms with E-state index in [-0.39, 0.29) is 30.3 Å². The van der Waals surface area contributed by atoms with Crippen molar-refractivity contribution in [2.24, 2.45) is 0 Å². The van der Waals surface area contributed by atoms with Crippen molar-refractivity contribution in [1.29, 1.82) is 0 Å². The Morgan fingerprint density at radius 1 is 1.20 bits per heavy atom. The highest BCUT2D eigenvalue weighted by Crippen LogP contribution is 2.20. The third kappa shape index (κ3) is 5.82. The lowest BCUT2D eigenvalue weighted by atomic mass is 10.1. The summed E-state index contributed by atoms with van der Waals surface area (Å²) in [6.07, 6.45) is 0.906. The second-order valence-electron chi connectivity index (χ2n) is 6.78. The molecule has 0 bridgehead atoms. The maximum absolute atomic E-state index is 12.2. The van der Waals surface area contributed by atoms with Crippen molar-refractivity contribution in [3.8, 4) is 11.3 Å². The van der Waals surface area contributed by atoms with Crippen molar-refractivity contribution >= 4 is 33.9 Å². The van der Waals surface area contributed by atoms with Gasteiger partial charge in [-0.15, -0.1) is 0 Å². The van der Waals surface area contributed by atoms with Gasteiger partial charge < -0.3 is 19.7 Å². The van der Waals surface area contributed by atoms with Crippen LogP contribution in [0.1, 0.15) is 30.3 Å². The molecule has 2 aromatic rings. The van der Waals surface area contributed by atoms with Crippen molar-refractivity contribution in [2.75, 3.05) is 26.3 Å². The van der Waals surface area contributed by atoms with Gasteiger partial charge in [0.2, 0.25) is 0 Å². The summed E-state index contributed by atoms with van der Waals surface area (Å²) in [5, 5.41) is 9.57. The van der Waals surface area contributed by atoms with E-state index in [1.165, 1.54) is 0 Å². The summed E-state index contributed by atoms with van der Waals surface area (Å²) in [7, 11) is 0. The van der Waals surface area contributed by atoms with E-state index in [4.69, 9.17) is 9.47 Å². The molecule has 1 aliphatic rings. The molecule has 0 saturated carbocycles. The molecule has 160 valence electrons. The molecule has 2 amide bonds. The zero-order valence-corrected chi connectivity index (χ0v) is 18.1. The Kier molecular flexibility index (Phi) is 7.45. The molecule has 1 saturated heterocycles. The van der Waals surface area contributed by atoms with E-state index >= 15 is 0 Å². The fraction of sp³-hybridized carbons (Fsp3) is 0.400. The average Bonchev–Trinajstić information content (AvgIpc) is 3.23. The van der Waals surface area contributed by atoms with Gasteiger partial charge in [0.15, 0.2) is 6.61 Å². The Bertz CT molecular complexity index is 891. The molecule has 0 spiro atoms. The van der Waals surface area contributed by atoms with Crippen molar-refractivity contribution < 1.29 is 23.9 Å². The molecule has 0 unspecified atom stereocenters. The standard InChI is InChI=1S/C20H23BrN4O5/c1-2-29-20(28)25-9-7-15(8-10-25)22-18(26)12-30-19(27)17-11-16(23-24-17)13-3-5-14(21)6-4-13/h3-6,11,15H,2,7-10,12H2,1H3,(H,22,26)(H,23,24). The van der Waals surface area contributed by atoms with Crippen molar-refractivity contribution in [3.63, 3.8) is 0 Å². The van der Waals surface area contributed by atoms with Gasteiger partial charge in [-0.3, -0.25) is 9.89 Å². The number of esters is 1. The van der Waals surface area contributed by atoms with Crippen molar-refractivity contribution in [2.45, 2.75) is 25.8 Å². The van der Waals surface area contributed by atoms with Crippen LogP contribution in [0.5, 0.6) is 0 Å². The summed E-state index contributed by atoms with van der Waals surface area (Å²) in [5.74, 6) is -1.04. The van der Waals surface area contributed by atoms with Crippen LogP contribution in [0.2, 0.25) is 0 Å². The number of benzene rings is 1. The zero-order chi connectivity index (χ0) is 21.5. The Balaban J connectivity index is 1.42. The first-order valence-electron chi connectivity index (χ1n) is 9.65. The molecular formula is C20H23BrN4O5. The molecule has 1 aliphatic heterocycles. The van der Waals surface area contributed by atoms with Gasteiger partial charge in [0.05, 0.1) is 12.3 Å². The van der Waals surface area contributed by atoms with Crippen LogP contribution in [0, 0.1) is 0 Å². The Morgan fingerprint density at radius 2 is 1.90 bits per heavy atom. The smallest absolute Gasteiger partial charge is 0.409 e. The summed E-state index contributed by atoms with van der Waals surface area (Å²) >= 11 is 3.37. The fourth-order valence-electron chi connectivity index (χ4n) is 3.09. The second kappa shape index (κ2) is 10.2. The summed E-state index contributed by atoms with van der Waals surface area (Å²) < 4.78 is 11.0. The van der Waals surface area contributed by atoms with Gasteiger partial charge >= 0.3 is 12.1 Å². The van der Waals surface area contributed by atoms with Gasteiger partial charge in [-0.1, -0.05) is 28.1 Å². The maximum atomic E-state index is 12.2. The highest BCUT2D eigenvalue weighted by molar-refractivity contribution is 9.10. The maximum Gasteiger partial charge on any atom is 0.409 e. The van der Waals surface area contributed by atoms with Crippen LogP contribution >= 0.6 is 15.9 Å². The molecule has 1 fully saturated rings. The number of hydrogen-bond acceptors (Lipinski definition) is 6. The van der Waals surface area contributed by atoms with Crippen LogP contribution in [-0.4, -0.2) is 65.4 Å². The number of amides is 2.